The topological polar surface area (TPSA) is 51.2 Å². The van der Waals surface area contributed by atoms with E-state index in [9.17, 15) is 4.79 Å². The predicted octanol–water partition coefficient (Wildman–Crippen LogP) is 3.91. The Morgan fingerprint density at radius 2 is 1.80 bits per heavy atom. The van der Waals surface area contributed by atoms with E-state index in [1.165, 1.54) is 24.0 Å². The SMILES string of the molecule is COC(=O)c1sc(Nc2c(C)cc(C)cc2C)nc1C. The molecule has 4 nitrogen and oxygen atoms in total. The molecule has 0 saturated heterocycles. The summed E-state index contributed by atoms with van der Waals surface area (Å²) in [6.45, 7) is 8.00. The van der Waals surface area contributed by atoms with Gasteiger partial charge in [-0.1, -0.05) is 29.0 Å². The average Bonchev–Trinajstić information content (AvgIpc) is 2.74. The lowest BCUT2D eigenvalue weighted by Crippen LogP contribution is -1.99. The molecule has 1 N–H and O–H groups in total. The molecule has 0 radical (unpaired) electrons. The molecule has 0 aliphatic carbocycles. The Hall–Kier alpha value is -1.88. The van der Waals surface area contributed by atoms with E-state index in [1.807, 2.05) is 6.92 Å². The van der Waals surface area contributed by atoms with E-state index < -0.39 is 0 Å². The van der Waals surface area contributed by atoms with Crippen molar-refractivity contribution >= 4 is 28.1 Å². The molecular weight excluding hydrogens is 272 g/mol. The highest BCUT2D eigenvalue weighted by atomic mass is 32.1. The van der Waals surface area contributed by atoms with E-state index in [0.29, 0.717) is 15.7 Å². The largest absolute Gasteiger partial charge is 0.465 e. The molecule has 0 aliphatic heterocycles. The zero-order valence-electron chi connectivity index (χ0n) is 12.3. The Morgan fingerprint density at radius 3 is 2.35 bits per heavy atom. The van der Waals surface area contributed by atoms with E-state index in [-0.39, 0.29) is 5.97 Å². The van der Waals surface area contributed by atoms with Crippen molar-refractivity contribution in [2.45, 2.75) is 27.7 Å². The fraction of sp³-hybridized carbons (Fsp3) is 0.333. The molecule has 1 aromatic carbocycles. The number of nitrogens with one attached hydrogen (secondary N) is 1. The number of esters is 1. The van der Waals surface area contributed by atoms with Crippen molar-refractivity contribution in [3.8, 4) is 0 Å². The number of ether oxygens (including phenoxy) is 1. The van der Waals surface area contributed by atoms with Gasteiger partial charge >= 0.3 is 5.97 Å². The van der Waals surface area contributed by atoms with Crippen LogP contribution >= 0.6 is 11.3 Å². The first-order valence-corrected chi connectivity index (χ1v) is 7.14. The molecule has 1 aromatic heterocycles. The van der Waals surface area contributed by atoms with Crippen LogP contribution in [0.5, 0.6) is 0 Å². The zero-order chi connectivity index (χ0) is 14.9. The molecule has 0 fully saturated rings. The quantitative estimate of drug-likeness (QED) is 0.871. The van der Waals surface area contributed by atoms with Gasteiger partial charge < -0.3 is 10.1 Å². The van der Waals surface area contributed by atoms with E-state index in [4.69, 9.17) is 4.74 Å². The number of hydrogen-bond acceptors (Lipinski definition) is 5. The molecule has 0 atom stereocenters. The van der Waals surface area contributed by atoms with Crippen molar-refractivity contribution in [2.75, 3.05) is 12.4 Å². The second kappa shape index (κ2) is 5.63. The Morgan fingerprint density at radius 1 is 1.20 bits per heavy atom. The molecule has 0 unspecified atom stereocenters. The minimum atomic E-state index is -0.342. The van der Waals surface area contributed by atoms with Gasteiger partial charge in [-0.15, -0.1) is 0 Å². The van der Waals surface area contributed by atoms with Crippen LogP contribution in [0.15, 0.2) is 12.1 Å². The van der Waals surface area contributed by atoms with Gasteiger partial charge in [0.15, 0.2) is 5.13 Å². The van der Waals surface area contributed by atoms with Gasteiger partial charge in [-0.05, 0) is 38.8 Å². The number of nitrogens with zero attached hydrogens (tertiary/aromatic N) is 1. The van der Waals surface area contributed by atoms with Crippen LogP contribution in [0.3, 0.4) is 0 Å². The van der Waals surface area contributed by atoms with Crippen molar-refractivity contribution in [1.82, 2.24) is 4.98 Å². The third-order valence-electron chi connectivity index (χ3n) is 3.08. The van der Waals surface area contributed by atoms with Crippen molar-refractivity contribution in [3.63, 3.8) is 0 Å². The number of methoxy groups -OCH3 is 1. The molecule has 2 rings (SSSR count). The number of thiazole rings is 1. The van der Waals surface area contributed by atoms with Crippen molar-refractivity contribution in [3.05, 3.63) is 39.4 Å². The summed E-state index contributed by atoms with van der Waals surface area (Å²) in [6.07, 6.45) is 0. The number of aromatic nitrogens is 1. The van der Waals surface area contributed by atoms with Crippen molar-refractivity contribution in [2.24, 2.45) is 0 Å². The highest BCUT2D eigenvalue weighted by molar-refractivity contribution is 7.17. The van der Waals surface area contributed by atoms with Gasteiger partial charge in [-0.3, -0.25) is 0 Å². The summed E-state index contributed by atoms with van der Waals surface area (Å²) < 4.78 is 4.75. The van der Waals surface area contributed by atoms with Crippen molar-refractivity contribution < 1.29 is 9.53 Å². The molecule has 0 bridgehead atoms. The smallest absolute Gasteiger partial charge is 0.350 e. The fourth-order valence-corrected chi connectivity index (χ4v) is 3.11. The number of benzene rings is 1. The van der Waals surface area contributed by atoms with Crippen molar-refractivity contribution in [1.29, 1.82) is 0 Å². The molecule has 0 aliphatic rings. The molecule has 0 amide bonds. The maximum absolute atomic E-state index is 11.6. The first-order chi connectivity index (χ1) is 9.42. The number of carbonyl (C=O) groups is 1. The summed E-state index contributed by atoms with van der Waals surface area (Å²) in [5, 5.41) is 4.01. The lowest BCUT2D eigenvalue weighted by molar-refractivity contribution is 0.0605. The summed E-state index contributed by atoms with van der Waals surface area (Å²) in [5.74, 6) is -0.342. The van der Waals surface area contributed by atoms with Crippen LogP contribution in [-0.2, 0) is 4.74 Å². The molecule has 2 aromatic rings. The highest BCUT2D eigenvalue weighted by Gasteiger charge is 2.16. The molecule has 106 valence electrons. The molecule has 1 heterocycles. The van der Waals surface area contributed by atoms with E-state index in [1.54, 1.807) is 0 Å². The number of aryl methyl sites for hydroxylation is 4. The van der Waals surface area contributed by atoms with E-state index in [0.717, 1.165) is 16.8 Å². The number of hydrogen-bond donors (Lipinski definition) is 1. The number of anilines is 2. The third-order valence-corrected chi connectivity index (χ3v) is 4.13. The lowest BCUT2D eigenvalue weighted by Gasteiger charge is -2.11. The standard InChI is InChI=1S/C15H18N2O2S/c1-8-6-9(2)12(10(3)7-8)17-15-16-11(4)13(20-15)14(18)19-5/h6-7H,1-5H3,(H,16,17). The maximum atomic E-state index is 11.6. The number of rotatable bonds is 3. The third kappa shape index (κ3) is 2.82. The molecule has 0 saturated carbocycles. The Labute approximate surface area is 122 Å². The van der Waals surface area contributed by atoms with Gasteiger partial charge in [0.2, 0.25) is 0 Å². The van der Waals surface area contributed by atoms with E-state index >= 15 is 0 Å². The molecule has 20 heavy (non-hydrogen) atoms. The second-order valence-corrected chi connectivity index (χ2v) is 5.82. The van der Waals surface area contributed by atoms with E-state index in [2.05, 4.69) is 43.2 Å². The van der Waals surface area contributed by atoms with Gasteiger partial charge in [0.1, 0.15) is 4.88 Å². The molecule has 0 spiro atoms. The summed E-state index contributed by atoms with van der Waals surface area (Å²) >= 11 is 1.31. The van der Waals surface area contributed by atoms with Gasteiger partial charge in [-0.25, -0.2) is 9.78 Å². The van der Waals surface area contributed by atoms with Gasteiger partial charge in [0.05, 0.1) is 12.8 Å². The summed E-state index contributed by atoms with van der Waals surface area (Å²) in [4.78, 5) is 16.5. The van der Waals surface area contributed by atoms with Gasteiger partial charge in [0, 0.05) is 5.69 Å². The molecular formula is C15H18N2O2S. The lowest BCUT2D eigenvalue weighted by atomic mass is 10.1. The predicted molar refractivity (Wildman–Crippen MR) is 82.1 cm³/mol. The zero-order valence-corrected chi connectivity index (χ0v) is 13.1. The Balaban J connectivity index is 2.34. The van der Waals surface area contributed by atoms with Crippen LogP contribution in [-0.4, -0.2) is 18.1 Å². The first-order valence-electron chi connectivity index (χ1n) is 6.33. The normalized spacial score (nSPS) is 10.4. The highest BCUT2D eigenvalue weighted by Crippen LogP contribution is 2.30. The Kier molecular flexibility index (Phi) is 4.09. The number of carbonyl (C=O) groups excluding carboxylic acids is 1. The monoisotopic (exact) mass is 290 g/mol. The minimum Gasteiger partial charge on any atom is -0.465 e. The maximum Gasteiger partial charge on any atom is 0.350 e. The minimum absolute atomic E-state index is 0.342. The van der Waals surface area contributed by atoms with Crippen LogP contribution in [0.2, 0.25) is 0 Å². The fourth-order valence-electron chi connectivity index (χ4n) is 2.22. The summed E-state index contributed by atoms with van der Waals surface area (Å²) in [7, 11) is 1.38. The van der Waals surface area contributed by atoms with Crippen LogP contribution in [0.4, 0.5) is 10.8 Å². The van der Waals surface area contributed by atoms with Crippen LogP contribution in [0.25, 0.3) is 0 Å². The summed E-state index contributed by atoms with van der Waals surface area (Å²) in [5.41, 5.74) is 5.29. The summed E-state index contributed by atoms with van der Waals surface area (Å²) in [6, 6.07) is 4.24. The molecule has 5 heteroatoms. The van der Waals surface area contributed by atoms with Crippen LogP contribution in [0.1, 0.15) is 32.1 Å². The second-order valence-electron chi connectivity index (χ2n) is 4.82. The van der Waals surface area contributed by atoms with Gasteiger partial charge in [-0.2, -0.15) is 0 Å². The van der Waals surface area contributed by atoms with Crippen LogP contribution < -0.4 is 5.32 Å². The van der Waals surface area contributed by atoms with Gasteiger partial charge in [0.25, 0.3) is 0 Å². The first kappa shape index (κ1) is 14.5. The van der Waals surface area contributed by atoms with Crippen LogP contribution in [0, 0.1) is 27.7 Å². The average molecular weight is 290 g/mol. The Bertz CT molecular complexity index is 639.